The molecule has 4 nitrogen and oxygen atoms in total. The molecule has 19 heavy (non-hydrogen) atoms. The minimum absolute atomic E-state index is 0.405. The molecule has 0 saturated carbocycles. The molecule has 0 radical (unpaired) electrons. The molecule has 0 aliphatic rings. The van der Waals surface area contributed by atoms with Gasteiger partial charge in [0.25, 0.3) is 0 Å². The quantitative estimate of drug-likeness (QED) is 0.823. The lowest BCUT2D eigenvalue weighted by Crippen LogP contribution is -2.32. The van der Waals surface area contributed by atoms with Crippen molar-refractivity contribution in [2.45, 2.75) is 33.3 Å². The lowest BCUT2D eigenvalue weighted by atomic mass is 10.1. The maximum Gasteiger partial charge on any atom is 0.407 e. The number of nitrogens with two attached hydrogens (primary N) is 1. The third-order valence-corrected chi connectivity index (χ3v) is 2.41. The minimum atomic E-state index is -0.478. The molecule has 0 fully saturated rings. The second-order valence-electron chi connectivity index (χ2n) is 5.36. The molecule has 1 aromatic carbocycles. The van der Waals surface area contributed by atoms with Crippen LogP contribution in [-0.4, -0.2) is 18.2 Å². The molecule has 4 heteroatoms. The normalized spacial score (nSPS) is 11.6. The Kier molecular flexibility index (Phi) is 4.98. The SMILES string of the molecule is Cc1cccc(N)c1C=CCNC(=O)OC(C)(C)C. The lowest BCUT2D eigenvalue weighted by molar-refractivity contribution is 0.0534. The van der Waals surface area contributed by atoms with Gasteiger partial charge in [0.05, 0.1) is 0 Å². The Morgan fingerprint density at radius 2 is 2.11 bits per heavy atom. The van der Waals surface area contributed by atoms with Crippen molar-refractivity contribution in [2.24, 2.45) is 0 Å². The number of carbonyl (C=O) groups excluding carboxylic acids is 1. The van der Waals surface area contributed by atoms with Gasteiger partial charge in [-0.2, -0.15) is 0 Å². The Morgan fingerprint density at radius 1 is 1.42 bits per heavy atom. The first-order valence-corrected chi connectivity index (χ1v) is 6.28. The van der Waals surface area contributed by atoms with Gasteiger partial charge in [-0.25, -0.2) is 4.79 Å². The Bertz CT molecular complexity index is 453. The molecule has 0 aliphatic heterocycles. The number of aryl methyl sites for hydroxylation is 1. The van der Waals surface area contributed by atoms with Crippen molar-refractivity contribution >= 4 is 17.9 Å². The molecule has 0 aliphatic carbocycles. The van der Waals surface area contributed by atoms with Gasteiger partial charge in [0.1, 0.15) is 5.60 Å². The number of alkyl carbamates (subject to hydrolysis) is 1. The fourth-order valence-electron chi connectivity index (χ4n) is 1.56. The number of rotatable bonds is 3. The van der Waals surface area contributed by atoms with Crippen molar-refractivity contribution in [2.75, 3.05) is 12.3 Å². The maximum atomic E-state index is 11.4. The van der Waals surface area contributed by atoms with E-state index < -0.39 is 11.7 Å². The molecule has 0 spiro atoms. The van der Waals surface area contributed by atoms with E-state index in [1.807, 2.05) is 58.0 Å². The highest BCUT2D eigenvalue weighted by atomic mass is 16.6. The smallest absolute Gasteiger partial charge is 0.407 e. The van der Waals surface area contributed by atoms with Gasteiger partial charge in [-0.3, -0.25) is 0 Å². The summed E-state index contributed by atoms with van der Waals surface area (Å²) in [7, 11) is 0. The molecule has 1 aromatic rings. The Balaban J connectivity index is 2.49. The van der Waals surface area contributed by atoms with Gasteiger partial charge < -0.3 is 15.8 Å². The predicted molar refractivity (Wildman–Crippen MR) is 78.9 cm³/mol. The molecule has 1 amide bonds. The number of benzene rings is 1. The summed E-state index contributed by atoms with van der Waals surface area (Å²) in [6, 6.07) is 5.77. The summed E-state index contributed by atoms with van der Waals surface area (Å²) in [4.78, 5) is 11.4. The van der Waals surface area contributed by atoms with Gasteiger partial charge in [0.15, 0.2) is 0 Å². The van der Waals surface area contributed by atoms with Crippen LogP contribution in [0.1, 0.15) is 31.9 Å². The zero-order valence-corrected chi connectivity index (χ0v) is 12.0. The van der Waals surface area contributed by atoms with E-state index in [2.05, 4.69) is 5.32 Å². The van der Waals surface area contributed by atoms with Crippen LogP contribution < -0.4 is 11.1 Å². The van der Waals surface area contributed by atoms with Gasteiger partial charge in [-0.15, -0.1) is 0 Å². The molecular weight excluding hydrogens is 240 g/mol. The fraction of sp³-hybridized carbons (Fsp3) is 0.400. The fourth-order valence-corrected chi connectivity index (χ4v) is 1.56. The monoisotopic (exact) mass is 262 g/mol. The highest BCUT2D eigenvalue weighted by Gasteiger charge is 2.14. The van der Waals surface area contributed by atoms with Crippen molar-refractivity contribution in [1.82, 2.24) is 5.32 Å². The summed E-state index contributed by atoms with van der Waals surface area (Å²) < 4.78 is 5.13. The summed E-state index contributed by atoms with van der Waals surface area (Å²) in [6.45, 7) is 7.89. The van der Waals surface area contributed by atoms with Crippen LogP contribution in [0.3, 0.4) is 0 Å². The first-order chi connectivity index (χ1) is 8.79. The number of hydrogen-bond donors (Lipinski definition) is 2. The number of hydrogen-bond acceptors (Lipinski definition) is 3. The van der Waals surface area contributed by atoms with Crippen molar-refractivity contribution in [3.8, 4) is 0 Å². The van der Waals surface area contributed by atoms with Crippen molar-refractivity contribution in [1.29, 1.82) is 0 Å². The minimum Gasteiger partial charge on any atom is -0.444 e. The van der Waals surface area contributed by atoms with Gasteiger partial charge in [-0.05, 0) is 39.3 Å². The molecule has 0 heterocycles. The first-order valence-electron chi connectivity index (χ1n) is 6.28. The molecule has 0 atom stereocenters. The number of nitrogen functional groups attached to an aromatic ring is 1. The van der Waals surface area contributed by atoms with Crippen LogP contribution in [0.4, 0.5) is 10.5 Å². The maximum absolute atomic E-state index is 11.4. The zero-order valence-electron chi connectivity index (χ0n) is 12.0. The Labute approximate surface area is 114 Å². The number of nitrogens with one attached hydrogen (secondary N) is 1. The summed E-state index contributed by atoms with van der Waals surface area (Å²) >= 11 is 0. The van der Waals surface area contributed by atoms with E-state index in [0.717, 1.165) is 16.8 Å². The first kappa shape index (κ1) is 15.1. The average molecular weight is 262 g/mol. The van der Waals surface area contributed by atoms with Crippen LogP contribution >= 0.6 is 0 Å². The number of ether oxygens (including phenoxy) is 1. The van der Waals surface area contributed by atoms with E-state index in [0.29, 0.717) is 6.54 Å². The van der Waals surface area contributed by atoms with E-state index in [1.165, 1.54) is 0 Å². The van der Waals surface area contributed by atoms with E-state index in [-0.39, 0.29) is 0 Å². The Hall–Kier alpha value is -1.97. The molecule has 0 unspecified atom stereocenters. The molecule has 3 N–H and O–H groups in total. The summed E-state index contributed by atoms with van der Waals surface area (Å²) in [5, 5.41) is 2.66. The summed E-state index contributed by atoms with van der Waals surface area (Å²) in [6.07, 6.45) is 3.33. The van der Waals surface area contributed by atoms with Crippen LogP contribution in [0.5, 0.6) is 0 Å². The number of anilines is 1. The zero-order chi connectivity index (χ0) is 14.5. The highest BCUT2D eigenvalue weighted by molar-refractivity contribution is 5.69. The van der Waals surface area contributed by atoms with Crippen molar-refractivity contribution < 1.29 is 9.53 Å². The number of carbonyl (C=O) groups is 1. The summed E-state index contributed by atoms with van der Waals surface area (Å²) in [5.41, 5.74) is 8.22. The highest BCUT2D eigenvalue weighted by Crippen LogP contribution is 2.17. The van der Waals surface area contributed by atoms with E-state index in [1.54, 1.807) is 0 Å². The topological polar surface area (TPSA) is 64.3 Å². The molecule has 104 valence electrons. The lowest BCUT2D eigenvalue weighted by Gasteiger charge is -2.19. The molecular formula is C15H22N2O2. The van der Waals surface area contributed by atoms with Crippen LogP contribution in [0.15, 0.2) is 24.3 Å². The van der Waals surface area contributed by atoms with Gasteiger partial charge in [-0.1, -0.05) is 24.3 Å². The Morgan fingerprint density at radius 3 is 2.68 bits per heavy atom. The molecule has 0 bridgehead atoms. The van der Waals surface area contributed by atoms with Crippen LogP contribution in [-0.2, 0) is 4.74 Å². The molecule has 0 aromatic heterocycles. The standard InChI is InChI=1S/C15H22N2O2/c1-11-7-5-9-13(16)12(11)8-6-10-17-14(18)19-15(2,3)4/h5-9H,10,16H2,1-4H3,(H,17,18). The van der Waals surface area contributed by atoms with Crippen LogP contribution in [0.25, 0.3) is 6.08 Å². The molecule has 1 rings (SSSR count). The van der Waals surface area contributed by atoms with Crippen molar-refractivity contribution in [3.63, 3.8) is 0 Å². The predicted octanol–water partition coefficient (Wildman–Crippen LogP) is 3.12. The van der Waals surface area contributed by atoms with Gasteiger partial charge in [0, 0.05) is 17.8 Å². The van der Waals surface area contributed by atoms with E-state index in [4.69, 9.17) is 10.5 Å². The van der Waals surface area contributed by atoms with Crippen LogP contribution in [0.2, 0.25) is 0 Å². The van der Waals surface area contributed by atoms with Gasteiger partial charge >= 0.3 is 6.09 Å². The second kappa shape index (κ2) is 6.27. The van der Waals surface area contributed by atoms with E-state index >= 15 is 0 Å². The number of amides is 1. The van der Waals surface area contributed by atoms with Crippen molar-refractivity contribution in [3.05, 3.63) is 35.4 Å². The third kappa shape index (κ3) is 5.46. The molecule has 0 saturated heterocycles. The van der Waals surface area contributed by atoms with E-state index in [9.17, 15) is 4.79 Å². The average Bonchev–Trinajstić information content (AvgIpc) is 2.25. The second-order valence-corrected chi connectivity index (χ2v) is 5.36. The van der Waals surface area contributed by atoms with Crippen LogP contribution in [0, 0.1) is 6.92 Å². The third-order valence-electron chi connectivity index (χ3n) is 2.41. The largest absolute Gasteiger partial charge is 0.444 e. The van der Waals surface area contributed by atoms with Gasteiger partial charge in [0.2, 0.25) is 0 Å². The summed E-state index contributed by atoms with van der Waals surface area (Å²) in [5.74, 6) is 0.